The summed E-state index contributed by atoms with van der Waals surface area (Å²) in [5.41, 5.74) is 2.01. The Morgan fingerprint density at radius 3 is 2.45 bits per heavy atom. The molecule has 4 aromatic rings. The minimum atomic E-state index is -2.47. The molecule has 0 aliphatic carbocycles. The van der Waals surface area contributed by atoms with Crippen LogP contribution in [0, 0.1) is 0 Å². The number of halogens is 2. The highest BCUT2D eigenvalue weighted by atomic mass is 19.3. The molecule has 0 bridgehead atoms. The summed E-state index contributed by atoms with van der Waals surface area (Å²) in [7, 11) is 0. The molecule has 38 heavy (non-hydrogen) atoms. The first-order valence-corrected chi connectivity index (χ1v) is 13.7. The zero-order valence-corrected chi connectivity index (χ0v) is 21.6. The summed E-state index contributed by atoms with van der Waals surface area (Å²) in [6.45, 7) is 8.53. The molecule has 0 atom stereocenters. The highest BCUT2D eigenvalue weighted by Crippen LogP contribution is 2.30. The molecule has 3 aliphatic heterocycles. The van der Waals surface area contributed by atoms with Crippen LogP contribution in [-0.4, -0.2) is 99.6 Å². The number of rotatable bonds is 6. The van der Waals surface area contributed by atoms with Crippen molar-refractivity contribution < 1.29 is 8.78 Å². The molecule has 0 unspecified atom stereocenters. The van der Waals surface area contributed by atoms with Crippen molar-refractivity contribution in [3.63, 3.8) is 0 Å². The second-order valence-corrected chi connectivity index (χ2v) is 10.9. The zero-order chi connectivity index (χ0) is 25.7. The van der Waals surface area contributed by atoms with Gasteiger partial charge in [-0.05, 0) is 30.3 Å². The predicted molar refractivity (Wildman–Crippen MR) is 145 cm³/mol. The van der Waals surface area contributed by atoms with Crippen molar-refractivity contribution in [2.24, 2.45) is 0 Å². The normalized spacial score (nSPS) is 21.4. The van der Waals surface area contributed by atoms with Gasteiger partial charge in [0, 0.05) is 108 Å². The van der Waals surface area contributed by atoms with Gasteiger partial charge in [-0.3, -0.25) is 14.2 Å². The van der Waals surface area contributed by atoms with Gasteiger partial charge in [0.05, 0.1) is 0 Å². The molecular weight excluding hydrogens is 486 g/mol. The van der Waals surface area contributed by atoms with Crippen molar-refractivity contribution in [1.29, 1.82) is 0 Å². The molecule has 4 aromatic heterocycles. The first-order chi connectivity index (χ1) is 18.5. The maximum absolute atomic E-state index is 13.5. The minimum absolute atomic E-state index is 0.00264. The van der Waals surface area contributed by atoms with Gasteiger partial charge in [-0.15, -0.1) is 0 Å². The lowest BCUT2D eigenvalue weighted by Crippen LogP contribution is -2.61. The Morgan fingerprint density at radius 2 is 1.63 bits per heavy atom. The number of fused-ring (bicyclic) bond motifs is 2. The minimum Gasteiger partial charge on any atom is -0.354 e. The van der Waals surface area contributed by atoms with E-state index >= 15 is 0 Å². The van der Waals surface area contributed by atoms with Crippen LogP contribution in [0.2, 0.25) is 0 Å². The number of hydrogen-bond acceptors (Lipinski definition) is 6. The number of nitrogens with zero attached hydrogens (tertiary/aromatic N) is 8. The maximum Gasteiger partial charge on any atom is 0.250 e. The number of piperazine rings is 1. The summed E-state index contributed by atoms with van der Waals surface area (Å²) in [5, 5.41) is 1.16. The molecule has 0 radical (unpaired) electrons. The molecule has 3 saturated heterocycles. The predicted octanol–water partition coefficient (Wildman–Crippen LogP) is 3.43. The number of hydrogen-bond donors (Lipinski definition) is 0. The van der Waals surface area contributed by atoms with Gasteiger partial charge in [0.15, 0.2) is 0 Å². The molecule has 0 aromatic carbocycles. The number of aromatic nitrogens is 4. The molecule has 0 amide bonds. The van der Waals surface area contributed by atoms with E-state index < -0.39 is 5.92 Å². The molecule has 200 valence electrons. The van der Waals surface area contributed by atoms with Gasteiger partial charge in [-0.25, -0.2) is 18.7 Å². The fraction of sp³-hybridized carbons (Fsp3) is 0.500. The average molecular weight is 521 g/mol. The number of piperidine rings is 1. The van der Waals surface area contributed by atoms with Crippen LogP contribution >= 0.6 is 0 Å². The van der Waals surface area contributed by atoms with E-state index in [0.29, 0.717) is 19.1 Å². The monoisotopic (exact) mass is 520 g/mol. The van der Waals surface area contributed by atoms with Crippen molar-refractivity contribution in [2.75, 3.05) is 68.7 Å². The van der Waals surface area contributed by atoms with Gasteiger partial charge < -0.3 is 14.4 Å². The Labute approximate surface area is 221 Å². The van der Waals surface area contributed by atoms with Gasteiger partial charge in [0.2, 0.25) is 0 Å². The van der Waals surface area contributed by atoms with Crippen LogP contribution in [0.1, 0.15) is 12.8 Å². The Bertz CT molecular complexity index is 1410. The summed E-state index contributed by atoms with van der Waals surface area (Å²) in [6, 6.07) is 13.2. The Morgan fingerprint density at radius 1 is 0.842 bits per heavy atom. The Hall–Kier alpha value is -3.24. The van der Waals surface area contributed by atoms with Crippen LogP contribution in [0.5, 0.6) is 0 Å². The van der Waals surface area contributed by atoms with E-state index in [1.165, 1.54) is 5.82 Å². The first kappa shape index (κ1) is 23.8. The van der Waals surface area contributed by atoms with Gasteiger partial charge in [-0.1, -0.05) is 6.07 Å². The topological polar surface area (TPSA) is 48.1 Å². The third-order valence-electron chi connectivity index (χ3n) is 8.57. The van der Waals surface area contributed by atoms with Crippen molar-refractivity contribution >= 4 is 28.3 Å². The standard InChI is InChI=1S/C28H34F2N8/c29-28(30)7-11-34(12-8-28)23-20-33(21-23)14-15-37-10-6-22-4-5-25(32-27(22)37)35-16-18-36(19-17-35)26-3-1-2-24-31-9-13-38(24)26/h1-6,9-10,13,23H,7-8,11-12,14-21H2. The Kier molecular flexibility index (Phi) is 5.96. The lowest BCUT2D eigenvalue weighted by Gasteiger charge is -2.47. The van der Waals surface area contributed by atoms with Crippen LogP contribution in [0.4, 0.5) is 20.4 Å². The number of imidazole rings is 1. The molecule has 0 N–H and O–H groups in total. The van der Waals surface area contributed by atoms with E-state index in [4.69, 9.17) is 4.98 Å². The van der Waals surface area contributed by atoms with Gasteiger partial charge in [-0.2, -0.15) is 0 Å². The molecule has 3 aliphatic rings. The molecule has 8 nitrogen and oxygen atoms in total. The van der Waals surface area contributed by atoms with Crippen LogP contribution in [0.25, 0.3) is 16.7 Å². The quantitative estimate of drug-likeness (QED) is 0.388. The summed E-state index contributed by atoms with van der Waals surface area (Å²) < 4.78 is 31.3. The molecule has 0 spiro atoms. The van der Waals surface area contributed by atoms with E-state index in [-0.39, 0.29) is 12.8 Å². The fourth-order valence-electron chi connectivity index (χ4n) is 6.18. The summed E-state index contributed by atoms with van der Waals surface area (Å²) in [5.74, 6) is -0.253. The third kappa shape index (κ3) is 4.49. The highest BCUT2D eigenvalue weighted by molar-refractivity contribution is 5.78. The van der Waals surface area contributed by atoms with Crippen molar-refractivity contribution in [1.82, 2.24) is 28.7 Å². The Balaban J connectivity index is 0.956. The molecule has 3 fully saturated rings. The molecule has 0 saturated carbocycles. The van der Waals surface area contributed by atoms with E-state index in [9.17, 15) is 8.78 Å². The van der Waals surface area contributed by atoms with Crippen molar-refractivity contribution in [2.45, 2.75) is 31.4 Å². The smallest absolute Gasteiger partial charge is 0.250 e. The average Bonchev–Trinajstić information content (AvgIpc) is 3.55. The lowest BCUT2D eigenvalue weighted by atomic mass is 10.0. The van der Waals surface area contributed by atoms with Crippen LogP contribution in [0.3, 0.4) is 0 Å². The lowest BCUT2D eigenvalue weighted by molar-refractivity contribution is -0.0799. The number of likely N-dealkylation sites (tertiary alicyclic amines) is 2. The largest absolute Gasteiger partial charge is 0.354 e. The number of anilines is 2. The van der Waals surface area contributed by atoms with E-state index in [0.717, 1.165) is 74.9 Å². The van der Waals surface area contributed by atoms with Crippen molar-refractivity contribution in [3.05, 3.63) is 55.0 Å². The first-order valence-electron chi connectivity index (χ1n) is 13.7. The van der Waals surface area contributed by atoms with Crippen molar-refractivity contribution in [3.8, 4) is 0 Å². The summed E-state index contributed by atoms with van der Waals surface area (Å²) in [6.07, 6.45) is 6.01. The maximum atomic E-state index is 13.5. The van der Waals surface area contributed by atoms with E-state index in [1.807, 2.05) is 18.5 Å². The molecule has 7 rings (SSSR count). The van der Waals surface area contributed by atoms with Crippen LogP contribution in [0.15, 0.2) is 55.0 Å². The highest BCUT2D eigenvalue weighted by Gasteiger charge is 2.39. The van der Waals surface area contributed by atoms with Gasteiger partial charge >= 0.3 is 0 Å². The van der Waals surface area contributed by atoms with E-state index in [2.05, 4.69) is 70.1 Å². The van der Waals surface area contributed by atoms with E-state index in [1.54, 1.807) is 0 Å². The van der Waals surface area contributed by atoms with Gasteiger partial charge in [0.25, 0.3) is 5.92 Å². The van der Waals surface area contributed by atoms with Crippen LogP contribution in [-0.2, 0) is 6.54 Å². The van der Waals surface area contributed by atoms with Gasteiger partial charge in [0.1, 0.15) is 22.9 Å². The zero-order valence-electron chi connectivity index (χ0n) is 21.6. The fourth-order valence-corrected chi connectivity index (χ4v) is 6.18. The number of alkyl halides is 2. The SMILES string of the molecule is FC1(F)CCN(C2CN(CCn3ccc4ccc(N5CCN(c6cccc7nccn67)CC5)nc43)C2)CC1. The second kappa shape index (κ2) is 9.50. The molecular formula is C28H34F2N8. The summed E-state index contributed by atoms with van der Waals surface area (Å²) >= 11 is 0. The molecule has 7 heterocycles. The second-order valence-electron chi connectivity index (χ2n) is 10.9. The summed E-state index contributed by atoms with van der Waals surface area (Å²) in [4.78, 5) is 19.0. The van der Waals surface area contributed by atoms with Crippen LogP contribution < -0.4 is 9.80 Å². The third-order valence-corrected chi connectivity index (χ3v) is 8.57. The molecule has 10 heteroatoms. The number of pyridine rings is 2.